The summed E-state index contributed by atoms with van der Waals surface area (Å²) in [6.07, 6.45) is 1.63. The highest BCUT2D eigenvalue weighted by atomic mass is 32.2. The van der Waals surface area contributed by atoms with Gasteiger partial charge >= 0.3 is 5.97 Å². The number of halogens is 1. The Hall–Kier alpha value is -4.51. The summed E-state index contributed by atoms with van der Waals surface area (Å²) in [5.41, 5.74) is 2.49. The molecule has 34 heavy (non-hydrogen) atoms. The summed E-state index contributed by atoms with van der Waals surface area (Å²) in [5.74, 6) is -2.39. The van der Waals surface area contributed by atoms with Crippen molar-refractivity contribution < 1.29 is 27.5 Å². The van der Waals surface area contributed by atoms with E-state index >= 15 is 0 Å². The van der Waals surface area contributed by atoms with Crippen molar-refractivity contribution in [2.24, 2.45) is 0 Å². The fraction of sp³-hybridized carbons (Fsp3) is 0. The zero-order valence-electron chi connectivity index (χ0n) is 17.3. The third-order valence-corrected chi connectivity index (χ3v) is 6.12. The summed E-state index contributed by atoms with van der Waals surface area (Å²) < 4.78 is 40.9. The van der Waals surface area contributed by atoms with Gasteiger partial charge in [0.2, 0.25) is 5.91 Å². The molecule has 0 radical (unpaired) electrons. The van der Waals surface area contributed by atoms with Crippen LogP contribution < -0.4 is 10.0 Å². The lowest BCUT2D eigenvalue weighted by Crippen LogP contribution is -2.12. The van der Waals surface area contributed by atoms with Gasteiger partial charge in [0.05, 0.1) is 10.4 Å². The lowest BCUT2D eigenvalue weighted by molar-refractivity contribution is -0.131. The van der Waals surface area contributed by atoms with Crippen LogP contribution in [0.25, 0.3) is 22.2 Å². The number of carbonyl (C=O) groups excluding carboxylic acids is 1. The van der Waals surface area contributed by atoms with Gasteiger partial charge in [-0.25, -0.2) is 17.6 Å². The van der Waals surface area contributed by atoms with E-state index in [2.05, 4.69) is 20.2 Å². The SMILES string of the molecule is O=C(O)/C=C\C(=O)Nc1cccc(-c2n[nH]c3ccc(NS(=O)(=O)c4ccc(F)cc4)cc23)c1. The van der Waals surface area contributed by atoms with Gasteiger partial charge in [0.25, 0.3) is 10.0 Å². The number of nitrogens with zero attached hydrogens (tertiary/aromatic N) is 1. The van der Waals surface area contributed by atoms with Crippen molar-refractivity contribution in [3.8, 4) is 11.3 Å². The van der Waals surface area contributed by atoms with E-state index in [4.69, 9.17) is 5.11 Å². The molecule has 4 aromatic rings. The maximum atomic E-state index is 13.1. The molecule has 3 aromatic carbocycles. The van der Waals surface area contributed by atoms with Gasteiger partial charge in [0.1, 0.15) is 11.5 Å². The lowest BCUT2D eigenvalue weighted by Gasteiger charge is -2.09. The van der Waals surface area contributed by atoms with Crippen LogP contribution in [0.1, 0.15) is 0 Å². The Balaban J connectivity index is 1.62. The molecule has 9 nitrogen and oxygen atoms in total. The highest BCUT2D eigenvalue weighted by Crippen LogP contribution is 2.30. The Bertz CT molecular complexity index is 1530. The third-order valence-electron chi connectivity index (χ3n) is 4.72. The predicted molar refractivity (Wildman–Crippen MR) is 124 cm³/mol. The van der Waals surface area contributed by atoms with Gasteiger partial charge in [-0.2, -0.15) is 5.10 Å². The van der Waals surface area contributed by atoms with Crippen molar-refractivity contribution in [2.75, 3.05) is 10.0 Å². The molecule has 0 fully saturated rings. The molecule has 1 amide bonds. The molecule has 0 unspecified atom stereocenters. The molecule has 0 aliphatic carbocycles. The number of aliphatic carboxylic acids is 1. The van der Waals surface area contributed by atoms with Gasteiger partial charge in [-0.1, -0.05) is 12.1 Å². The number of H-pyrrole nitrogens is 1. The molecule has 1 heterocycles. The lowest BCUT2D eigenvalue weighted by atomic mass is 10.1. The number of hydrogen-bond donors (Lipinski definition) is 4. The number of rotatable bonds is 7. The van der Waals surface area contributed by atoms with Crippen LogP contribution in [-0.4, -0.2) is 35.6 Å². The summed E-state index contributed by atoms with van der Waals surface area (Å²) in [4.78, 5) is 22.4. The van der Waals surface area contributed by atoms with Crippen molar-refractivity contribution in [2.45, 2.75) is 4.90 Å². The van der Waals surface area contributed by atoms with Crippen LogP contribution >= 0.6 is 0 Å². The van der Waals surface area contributed by atoms with E-state index in [1.165, 1.54) is 12.1 Å². The first-order valence-electron chi connectivity index (χ1n) is 9.80. The maximum absolute atomic E-state index is 13.1. The fourth-order valence-electron chi connectivity index (χ4n) is 3.20. The van der Waals surface area contributed by atoms with Crippen molar-refractivity contribution >= 4 is 44.2 Å². The highest BCUT2D eigenvalue weighted by molar-refractivity contribution is 7.92. The second-order valence-electron chi connectivity index (χ2n) is 7.13. The second kappa shape index (κ2) is 9.16. The number of fused-ring (bicyclic) bond motifs is 1. The largest absolute Gasteiger partial charge is 0.478 e. The molecule has 4 rings (SSSR count). The first-order chi connectivity index (χ1) is 16.2. The van der Waals surface area contributed by atoms with Crippen LogP contribution in [0, 0.1) is 5.82 Å². The monoisotopic (exact) mass is 480 g/mol. The van der Waals surface area contributed by atoms with E-state index in [1.54, 1.807) is 42.5 Å². The summed E-state index contributed by atoms with van der Waals surface area (Å²) >= 11 is 0. The average Bonchev–Trinajstić information content (AvgIpc) is 3.21. The smallest absolute Gasteiger partial charge is 0.328 e. The fourth-order valence-corrected chi connectivity index (χ4v) is 4.25. The van der Waals surface area contributed by atoms with Crippen molar-refractivity contribution in [3.05, 3.63) is 84.7 Å². The zero-order chi connectivity index (χ0) is 24.3. The Morgan fingerprint density at radius 3 is 2.47 bits per heavy atom. The van der Waals surface area contributed by atoms with Gasteiger partial charge in [-0.3, -0.25) is 14.6 Å². The molecule has 0 aliphatic heterocycles. The quantitative estimate of drug-likeness (QED) is 0.297. The van der Waals surface area contributed by atoms with E-state index in [0.29, 0.717) is 27.8 Å². The van der Waals surface area contributed by atoms with Crippen LogP contribution in [0.15, 0.2) is 83.8 Å². The Morgan fingerprint density at radius 1 is 0.971 bits per heavy atom. The van der Waals surface area contributed by atoms with Crippen LogP contribution in [0.5, 0.6) is 0 Å². The number of amides is 1. The first kappa shape index (κ1) is 22.7. The minimum Gasteiger partial charge on any atom is -0.478 e. The number of carboxylic acid groups (broad SMARTS) is 1. The number of carboxylic acids is 1. The number of carbonyl (C=O) groups is 2. The Morgan fingerprint density at radius 2 is 1.74 bits per heavy atom. The van der Waals surface area contributed by atoms with Gasteiger partial charge < -0.3 is 10.4 Å². The van der Waals surface area contributed by atoms with Crippen LogP contribution in [0.4, 0.5) is 15.8 Å². The topological polar surface area (TPSA) is 141 Å². The zero-order valence-corrected chi connectivity index (χ0v) is 18.1. The first-order valence-corrected chi connectivity index (χ1v) is 11.3. The van der Waals surface area contributed by atoms with Crippen LogP contribution in [-0.2, 0) is 19.6 Å². The third kappa shape index (κ3) is 5.10. The number of aromatic amines is 1. The average molecular weight is 480 g/mol. The number of anilines is 2. The highest BCUT2D eigenvalue weighted by Gasteiger charge is 2.16. The molecule has 11 heteroatoms. The van der Waals surface area contributed by atoms with E-state index < -0.39 is 27.7 Å². The number of nitrogens with one attached hydrogen (secondary N) is 3. The Labute approximate surface area is 193 Å². The van der Waals surface area contributed by atoms with Crippen LogP contribution in [0.3, 0.4) is 0 Å². The van der Waals surface area contributed by atoms with Crippen molar-refractivity contribution in [1.82, 2.24) is 10.2 Å². The molecule has 172 valence electrons. The molecule has 4 N–H and O–H groups in total. The van der Waals surface area contributed by atoms with Gasteiger partial charge in [-0.05, 0) is 54.6 Å². The summed E-state index contributed by atoms with van der Waals surface area (Å²) in [6.45, 7) is 0. The molecule has 1 aromatic heterocycles. The van der Waals surface area contributed by atoms with Crippen LogP contribution in [0.2, 0.25) is 0 Å². The molecule has 0 saturated heterocycles. The minimum absolute atomic E-state index is 0.0817. The van der Waals surface area contributed by atoms with Crippen molar-refractivity contribution in [3.63, 3.8) is 0 Å². The predicted octanol–water partition coefficient (Wildman–Crippen LogP) is 3.75. The Kier molecular flexibility index (Phi) is 6.11. The molecular weight excluding hydrogens is 463 g/mol. The van der Waals surface area contributed by atoms with E-state index in [9.17, 15) is 22.4 Å². The molecule has 0 spiro atoms. The standard InChI is InChI=1S/C23H17FN4O5S/c24-15-4-7-18(8-5-15)34(32,33)28-17-6-9-20-19(13-17)23(27-26-20)14-2-1-3-16(12-14)25-21(29)10-11-22(30)31/h1-13,28H,(H,25,29)(H,26,27)(H,30,31)/b11-10-. The molecular formula is C23H17FN4O5S. The number of sulfonamides is 1. The van der Waals surface area contributed by atoms with Gasteiger partial charge in [0.15, 0.2) is 0 Å². The minimum atomic E-state index is -3.93. The molecule has 0 saturated carbocycles. The summed E-state index contributed by atoms with van der Waals surface area (Å²) in [5, 5.41) is 19.0. The molecule has 0 atom stereocenters. The van der Waals surface area contributed by atoms with Crippen molar-refractivity contribution in [1.29, 1.82) is 0 Å². The molecule has 0 aliphatic rings. The van der Waals surface area contributed by atoms with E-state index in [0.717, 1.165) is 24.3 Å². The van der Waals surface area contributed by atoms with Gasteiger partial charge in [-0.15, -0.1) is 0 Å². The maximum Gasteiger partial charge on any atom is 0.328 e. The van der Waals surface area contributed by atoms with Gasteiger partial charge in [0, 0.05) is 34.5 Å². The summed E-state index contributed by atoms with van der Waals surface area (Å²) in [7, 11) is -3.93. The number of aromatic nitrogens is 2. The second-order valence-corrected chi connectivity index (χ2v) is 8.82. The van der Waals surface area contributed by atoms with E-state index in [-0.39, 0.29) is 10.6 Å². The van der Waals surface area contributed by atoms with E-state index in [1.807, 2.05) is 0 Å². The molecule has 0 bridgehead atoms. The number of hydrogen-bond acceptors (Lipinski definition) is 5. The summed E-state index contributed by atoms with van der Waals surface area (Å²) in [6, 6.07) is 16.0. The normalized spacial score (nSPS) is 11.6. The number of benzene rings is 3.